The Hall–Kier alpha value is -2.55. The minimum absolute atomic E-state index is 0.568. The quantitative estimate of drug-likeness (QED) is 0.703. The molecule has 0 N–H and O–H groups in total. The molecule has 0 bridgehead atoms. The maximum atomic E-state index is 4.18. The van der Waals surface area contributed by atoms with Crippen LogP contribution in [0.4, 0.5) is 0 Å². The van der Waals surface area contributed by atoms with Crippen molar-refractivity contribution in [1.82, 2.24) is 15.0 Å². The van der Waals surface area contributed by atoms with Crippen LogP contribution in [0.25, 0.3) is 0 Å². The third-order valence-corrected chi connectivity index (χ3v) is 5.24. The molecule has 3 heteroatoms. The van der Waals surface area contributed by atoms with Crippen LogP contribution in [0.15, 0.2) is 73.6 Å². The molecule has 1 fully saturated rings. The summed E-state index contributed by atoms with van der Waals surface area (Å²) in [6.07, 6.45) is 15.0. The van der Waals surface area contributed by atoms with Crippen molar-refractivity contribution in [2.75, 3.05) is 0 Å². The van der Waals surface area contributed by atoms with Crippen molar-refractivity contribution in [1.29, 1.82) is 0 Å². The molecule has 1 saturated carbocycles. The van der Waals surface area contributed by atoms with Crippen LogP contribution in [-0.4, -0.2) is 15.0 Å². The molecule has 3 aromatic heterocycles. The van der Waals surface area contributed by atoms with E-state index in [-0.39, 0.29) is 0 Å². The Morgan fingerprint density at radius 2 is 0.708 bits per heavy atom. The van der Waals surface area contributed by atoms with Crippen LogP contribution in [0.1, 0.15) is 53.7 Å². The summed E-state index contributed by atoms with van der Waals surface area (Å²) in [5.74, 6) is 1.70. The SMILES string of the molecule is c1cc(C2CC(c3ccncc3)CC(c3ccncc3)C2)ccn1. The summed E-state index contributed by atoms with van der Waals surface area (Å²) in [4.78, 5) is 12.5. The molecule has 0 aliphatic heterocycles. The van der Waals surface area contributed by atoms with Gasteiger partial charge in [-0.15, -0.1) is 0 Å². The van der Waals surface area contributed by atoms with E-state index in [2.05, 4.69) is 51.4 Å². The predicted molar refractivity (Wildman–Crippen MR) is 94.8 cm³/mol. The average Bonchev–Trinajstić information content (AvgIpc) is 2.70. The Bertz CT molecular complexity index is 645. The summed E-state index contributed by atoms with van der Waals surface area (Å²) < 4.78 is 0. The van der Waals surface area contributed by atoms with E-state index in [0.717, 1.165) is 0 Å². The first-order valence-electron chi connectivity index (χ1n) is 8.60. The summed E-state index contributed by atoms with van der Waals surface area (Å²) in [6.45, 7) is 0. The van der Waals surface area contributed by atoms with Crippen LogP contribution in [-0.2, 0) is 0 Å². The molecular weight excluding hydrogens is 294 g/mol. The zero-order valence-electron chi connectivity index (χ0n) is 13.6. The molecule has 0 saturated heterocycles. The van der Waals surface area contributed by atoms with E-state index in [1.54, 1.807) is 0 Å². The van der Waals surface area contributed by atoms with Crippen LogP contribution >= 0.6 is 0 Å². The Balaban J connectivity index is 1.66. The van der Waals surface area contributed by atoms with Crippen molar-refractivity contribution >= 4 is 0 Å². The molecule has 0 spiro atoms. The first kappa shape index (κ1) is 15.0. The van der Waals surface area contributed by atoms with Crippen LogP contribution in [0.2, 0.25) is 0 Å². The molecular formula is C21H21N3. The highest BCUT2D eigenvalue weighted by Crippen LogP contribution is 2.47. The van der Waals surface area contributed by atoms with Gasteiger partial charge in [0.25, 0.3) is 0 Å². The Labute approximate surface area is 142 Å². The lowest BCUT2D eigenvalue weighted by Gasteiger charge is -2.36. The Morgan fingerprint density at radius 1 is 0.458 bits per heavy atom. The second-order valence-corrected chi connectivity index (χ2v) is 6.64. The van der Waals surface area contributed by atoms with E-state index in [1.165, 1.54) is 36.0 Å². The summed E-state index contributed by atoms with van der Waals surface area (Å²) in [6, 6.07) is 13.0. The van der Waals surface area contributed by atoms with Gasteiger partial charge in [-0.2, -0.15) is 0 Å². The minimum Gasteiger partial charge on any atom is -0.265 e. The zero-order chi connectivity index (χ0) is 16.2. The molecule has 1 aliphatic rings. The highest BCUT2D eigenvalue weighted by Gasteiger charge is 2.31. The second-order valence-electron chi connectivity index (χ2n) is 6.64. The normalized spacial score (nSPS) is 23.8. The van der Waals surface area contributed by atoms with Crippen molar-refractivity contribution in [3.05, 3.63) is 90.3 Å². The third kappa shape index (κ3) is 3.21. The van der Waals surface area contributed by atoms with Crippen molar-refractivity contribution < 1.29 is 0 Å². The van der Waals surface area contributed by atoms with E-state index in [0.29, 0.717) is 17.8 Å². The van der Waals surface area contributed by atoms with Crippen LogP contribution in [0, 0.1) is 0 Å². The molecule has 3 heterocycles. The summed E-state index contributed by atoms with van der Waals surface area (Å²) in [5.41, 5.74) is 4.22. The van der Waals surface area contributed by atoms with E-state index < -0.39 is 0 Å². The highest BCUT2D eigenvalue weighted by atomic mass is 14.6. The van der Waals surface area contributed by atoms with Crippen molar-refractivity contribution in [3.63, 3.8) is 0 Å². The van der Waals surface area contributed by atoms with Crippen LogP contribution < -0.4 is 0 Å². The van der Waals surface area contributed by atoms with E-state index in [4.69, 9.17) is 0 Å². The smallest absolute Gasteiger partial charge is 0.0270 e. The van der Waals surface area contributed by atoms with Gasteiger partial charge in [-0.05, 0) is 90.1 Å². The fourth-order valence-corrected chi connectivity index (χ4v) is 4.04. The minimum atomic E-state index is 0.568. The summed E-state index contributed by atoms with van der Waals surface area (Å²) in [7, 11) is 0. The van der Waals surface area contributed by atoms with Crippen molar-refractivity contribution in [2.24, 2.45) is 0 Å². The lowest BCUT2D eigenvalue weighted by atomic mass is 9.69. The fraction of sp³-hybridized carbons (Fsp3) is 0.286. The molecule has 3 aromatic rings. The largest absolute Gasteiger partial charge is 0.265 e. The molecule has 120 valence electrons. The average molecular weight is 315 g/mol. The van der Waals surface area contributed by atoms with Gasteiger partial charge in [0, 0.05) is 37.2 Å². The second kappa shape index (κ2) is 6.91. The molecule has 0 atom stereocenters. The van der Waals surface area contributed by atoms with Gasteiger partial charge in [-0.25, -0.2) is 0 Å². The lowest BCUT2D eigenvalue weighted by molar-refractivity contribution is 0.351. The number of hydrogen-bond donors (Lipinski definition) is 0. The molecule has 1 aliphatic carbocycles. The zero-order valence-corrected chi connectivity index (χ0v) is 13.6. The van der Waals surface area contributed by atoms with Gasteiger partial charge < -0.3 is 0 Å². The molecule has 3 nitrogen and oxygen atoms in total. The molecule has 0 unspecified atom stereocenters. The van der Waals surface area contributed by atoms with Gasteiger partial charge >= 0.3 is 0 Å². The molecule has 4 rings (SSSR count). The van der Waals surface area contributed by atoms with Crippen LogP contribution in [0.5, 0.6) is 0 Å². The van der Waals surface area contributed by atoms with Crippen molar-refractivity contribution in [2.45, 2.75) is 37.0 Å². The highest BCUT2D eigenvalue weighted by molar-refractivity contribution is 5.27. The maximum Gasteiger partial charge on any atom is 0.0270 e. The Kier molecular flexibility index (Phi) is 4.32. The molecule has 0 radical (unpaired) electrons. The molecule has 24 heavy (non-hydrogen) atoms. The predicted octanol–water partition coefficient (Wildman–Crippen LogP) is 4.71. The van der Waals surface area contributed by atoms with Gasteiger partial charge in [0.1, 0.15) is 0 Å². The van der Waals surface area contributed by atoms with Gasteiger partial charge in [0.05, 0.1) is 0 Å². The van der Waals surface area contributed by atoms with E-state index in [1.807, 2.05) is 37.2 Å². The number of rotatable bonds is 3. The first-order valence-corrected chi connectivity index (χ1v) is 8.60. The first-order chi connectivity index (χ1) is 11.9. The van der Waals surface area contributed by atoms with E-state index >= 15 is 0 Å². The molecule has 0 aromatic carbocycles. The van der Waals surface area contributed by atoms with Gasteiger partial charge in [0.15, 0.2) is 0 Å². The van der Waals surface area contributed by atoms with Crippen molar-refractivity contribution in [3.8, 4) is 0 Å². The number of hydrogen-bond acceptors (Lipinski definition) is 3. The van der Waals surface area contributed by atoms with Gasteiger partial charge in [-0.3, -0.25) is 15.0 Å². The number of nitrogens with zero attached hydrogens (tertiary/aromatic N) is 3. The monoisotopic (exact) mass is 315 g/mol. The molecule has 0 amide bonds. The van der Waals surface area contributed by atoms with Gasteiger partial charge in [0.2, 0.25) is 0 Å². The third-order valence-electron chi connectivity index (χ3n) is 5.24. The van der Waals surface area contributed by atoms with E-state index in [9.17, 15) is 0 Å². The maximum absolute atomic E-state index is 4.18. The van der Waals surface area contributed by atoms with Crippen LogP contribution in [0.3, 0.4) is 0 Å². The summed E-state index contributed by atoms with van der Waals surface area (Å²) in [5, 5.41) is 0. The number of aromatic nitrogens is 3. The topological polar surface area (TPSA) is 38.7 Å². The standard InChI is InChI=1S/C21H21N3/c1-7-22-8-2-16(1)19-13-20(17-3-9-23-10-4-17)15-21(14-19)18-5-11-24-12-6-18/h1-12,19-21H,13-15H2. The Morgan fingerprint density at radius 3 is 0.958 bits per heavy atom. The lowest BCUT2D eigenvalue weighted by Crippen LogP contribution is -2.20. The fourth-order valence-electron chi connectivity index (χ4n) is 4.04. The summed E-state index contributed by atoms with van der Waals surface area (Å²) >= 11 is 0. The van der Waals surface area contributed by atoms with Gasteiger partial charge in [-0.1, -0.05) is 0 Å². The number of pyridine rings is 3.